The van der Waals surface area contributed by atoms with Crippen LogP contribution in [0.3, 0.4) is 0 Å². The molecule has 0 fully saturated rings. The Hall–Kier alpha value is -2.74. The Balaban J connectivity index is 2.09. The second-order valence-corrected chi connectivity index (χ2v) is 7.72. The quantitative estimate of drug-likeness (QED) is 0.587. The Kier molecular flexibility index (Phi) is 7.06. The summed E-state index contributed by atoms with van der Waals surface area (Å²) in [5.41, 5.74) is 0.988. The first-order valence-corrected chi connectivity index (χ1v) is 9.86. The Morgan fingerprint density at radius 3 is 2.52 bits per heavy atom. The highest BCUT2D eigenvalue weighted by molar-refractivity contribution is 7.89. The van der Waals surface area contributed by atoms with E-state index in [2.05, 4.69) is 25.3 Å². The minimum absolute atomic E-state index is 0.181. The molecule has 0 atom stereocenters. The number of aromatic nitrogens is 2. The first-order chi connectivity index (χ1) is 12.9. The third kappa shape index (κ3) is 5.89. The van der Waals surface area contributed by atoms with Crippen LogP contribution in [-0.4, -0.2) is 57.0 Å². The lowest BCUT2D eigenvalue weighted by Crippen LogP contribution is -2.31. The normalized spacial score (nSPS) is 11.2. The number of nitriles is 1. The molecule has 0 saturated carbocycles. The number of hydrogen-bond acceptors (Lipinski definition) is 8. The molecule has 1 aromatic carbocycles. The molecule has 0 aliphatic carbocycles. The van der Waals surface area contributed by atoms with Crippen molar-refractivity contribution in [1.29, 1.82) is 5.26 Å². The van der Waals surface area contributed by atoms with Crippen molar-refractivity contribution in [2.24, 2.45) is 0 Å². The molecule has 27 heavy (non-hydrogen) atoms. The third-order valence-corrected chi connectivity index (χ3v) is 5.00. The number of anilines is 3. The van der Waals surface area contributed by atoms with Crippen molar-refractivity contribution in [2.75, 3.05) is 44.4 Å². The zero-order valence-electron chi connectivity index (χ0n) is 15.5. The van der Waals surface area contributed by atoms with Crippen molar-refractivity contribution in [3.63, 3.8) is 0 Å². The Morgan fingerprint density at radius 1 is 1.22 bits per heavy atom. The third-order valence-electron chi connectivity index (χ3n) is 3.53. The summed E-state index contributed by atoms with van der Waals surface area (Å²) in [5.74, 6) is 0.756. The van der Waals surface area contributed by atoms with Gasteiger partial charge in [-0.1, -0.05) is 0 Å². The summed E-state index contributed by atoms with van der Waals surface area (Å²) in [4.78, 5) is 10.4. The zero-order valence-corrected chi connectivity index (χ0v) is 16.3. The summed E-state index contributed by atoms with van der Waals surface area (Å²) in [5, 5.41) is 15.1. The highest BCUT2D eigenvalue weighted by Crippen LogP contribution is 2.19. The van der Waals surface area contributed by atoms with Gasteiger partial charge in [-0.15, -0.1) is 0 Å². The van der Waals surface area contributed by atoms with Gasteiger partial charge in [-0.3, -0.25) is 0 Å². The average Bonchev–Trinajstić information content (AvgIpc) is 2.62. The van der Waals surface area contributed by atoms with E-state index in [0.717, 1.165) is 0 Å². The van der Waals surface area contributed by atoms with Gasteiger partial charge in [-0.05, 0) is 45.3 Å². The van der Waals surface area contributed by atoms with Gasteiger partial charge in [0.2, 0.25) is 16.0 Å². The minimum atomic E-state index is -3.55. The van der Waals surface area contributed by atoms with Crippen molar-refractivity contribution in [3.8, 4) is 6.07 Å². The smallest absolute Gasteiger partial charge is 0.240 e. The summed E-state index contributed by atoms with van der Waals surface area (Å²) in [6, 6.07) is 8.31. The Labute approximate surface area is 159 Å². The number of nitrogens with one attached hydrogen (secondary N) is 3. The van der Waals surface area contributed by atoms with E-state index in [9.17, 15) is 8.42 Å². The van der Waals surface area contributed by atoms with Crippen molar-refractivity contribution < 1.29 is 8.42 Å². The van der Waals surface area contributed by atoms with E-state index in [1.165, 1.54) is 18.3 Å². The maximum atomic E-state index is 12.3. The average molecular weight is 389 g/mol. The van der Waals surface area contributed by atoms with E-state index in [4.69, 9.17) is 5.26 Å². The van der Waals surface area contributed by atoms with Gasteiger partial charge in [-0.2, -0.15) is 10.2 Å². The van der Waals surface area contributed by atoms with Crippen LogP contribution in [-0.2, 0) is 10.0 Å². The minimum Gasteiger partial charge on any atom is -0.369 e. The molecular weight excluding hydrogens is 366 g/mol. The molecule has 2 aromatic rings. The lowest BCUT2D eigenvalue weighted by molar-refractivity contribution is 0.412. The second kappa shape index (κ2) is 9.27. The van der Waals surface area contributed by atoms with Crippen LogP contribution in [0.25, 0.3) is 0 Å². The number of rotatable bonds is 9. The molecule has 0 amide bonds. The van der Waals surface area contributed by atoms with Crippen LogP contribution in [0.1, 0.15) is 12.5 Å². The molecule has 0 spiro atoms. The van der Waals surface area contributed by atoms with E-state index < -0.39 is 10.0 Å². The van der Waals surface area contributed by atoms with E-state index in [-0.39, 0.29) is 4.90 Å². The second-order valence-electron chi connectivity index (χ2n) is 5.95. The van der Waals surface area contributed by atoms with Gasteiger partial charge in [0.25, 0.3) is 0 Å². The predicted octanol–water partition coefficient (Wildman–Crippen LogP) is 1.36. The van der Waals surface area contributed by atoms with Crippen molar-refractivity contribution >= 4 is 27.5 Å². The van der Waals surface area contributed by atoms with Crippen LogP contribution in [0.4, 0.5) is 17.5 Å². The van der Waals surface area contributed by atoms with E-state index in [1.807, 2.05) is 32.0 Å². The number of sulfonamides is 1. The number of nitrogens with zero attached hydrogens (tertiary/aromatic N) is 4. The summed E-state index contributed by atoms with van der Waals surface area (Å²) in [7, 11) is 0.202. The molecule has 0 unspecified atom stereocenters. The molecule has 0 saturated heterocycles. The molecule has 144 valence electrons. The summed E-state index contributed by atoms with van der Waals surface area (Å²) < 4.78 is 27.1. The maximum Gasteiger partial charge on any atom is 0.240 e. The van der Waals surface area contributed by atoms with Crippen LogP contribution in [0.15, 0.2) is 35.4 Å². The van der Waals surface area contributed by atoms with Gasteiger partial charge in [-0.25, -0.2) is 18.1 Å². The van der Waals surface area contributed by atoms with Crippen LogP contribution in [0.2, 0.25) is 0 Å². The van der Waals surface area contributed by atoms with Gasteiger partial charge in [0.05, 0.1) is 11.1 Å². The summed E-state index contributed by atoms with van der Waals surface area (Å²) in [6.45, 7) is 3.48. The fraction of sp³-hybridized carbons (Fsp3) is 0.353. The molecule has 3 N–H and O–H groups in total. The lowest BCUT2D eigenvalue weighted by Gasteiger charge is -2.12. The van der Waals surface area contributed by atoms with E-state index in [0.29, 0.717) is 42.7 Å². The largest absolute Gasteiger partial charge is 0.369 e. The van der Waals surface area contributed by atoms with E-state index >= 15 is 0 Å². The van der Waals surface area contributed by atoms with Crippen LogP contribution in [0.5, 0.6) is 0 Å². The van der Waals surface area contributed by atoms with Gasteiger partial charge in [0, 0.05) is 25.3 Å². The molecule has 0 aliphatic rings. The zero-order chi connectivity index (χ0) is 19.9. The molecular formula is C17H23N7O2S. The first-order valence-electron chi connectivity index (χ1n) is 8.38. The highest BCUT2D eigenvalue weighted by atomic mass is 32.2. The fourth-order valence-corrected chi connectivity index (χ4v) is 3.18. The lowest BCUT2D eigenvalue weighted by atomic mass is 10.3. The van der Waals surface area contributed by atoms with Crippen LogP contribution in [0, 0.1) is 11.3 Å². The molecule has 0 radical (unpaired) electrons. The molecule has 10 heteroatoms. The van der Waals surface area contributed by atoms with Gasteiger partial charge in [0.15, 0.2) is 0 Å². The molecule has 0 bridgehead atoms. The summed E-state index contributed by atoms with van der Waals surface area (Å²) in [6.07, 6.45) is 1.43. The van der Waals surface area contributed by atoms with Crippen LogP contribution < -0.4 is 15.4 Å². The van der Waals surface area contributed by atoms with Gasteiger partial charge in [0.1, 0.15) is 17.5 Å². The van der Waals surface area contributed by atoms with Crippen molar-refractivity contribution in [2.45, 2.75) is 11.8 Å². The molecule has 9 nitrogen and oxygen atoms in total. The summed E-state index contributed by atoms with van der Waals surface area (Å²) >= 11 is 0. The van der Waals surface area contributed by atoms with Gasteiger partial charge >= 0.3 is 0 Å². The maximum absolute atomic E-state index is 12.3. The Morgan fingerprint density at radius 2 is 1.93 bits per heavy atom. The van der Waals surface area contributed by atoms with Gasteiger partial charge < -0.3 is 15.5 Å². The molecule has 1 aromatic heterocycles. The van der Waals surface area contributed by atoms with Crippen LogP contribution >= 0.6 is 0 Å². The van der Waals surface area contributed by atoms with E-state index in [1.54, 1.807) is 12.1 Å². The highest BCUT2D eigenvalue weighted by Gasteiger charge is 2.13. The standard InChI is InChI=1S/C17H23N7O2S/c1-4-19-16-13(11-18)12-20-17(23-16)22-14-5-7-15(8-6-14)27(25,26)21-9-10-24(2)3/h5-8,12,21H,4,9-10H2,1-3H3,(H2,19,20,22,23). The molecule has 0 aliphatic heterocycles. The molecule has 2 rings (SSSR count). The molecule has 1 heterocycles. The van der Waals surface area contributed by atoms with Crippen molar-refractivity contribution in [3.05, 3.63) is 36.0 Å². The SMILES string of the molecule is CCNc1nc(Nc2ccc(S(=O)(=O)NCCN(C)C)cc2)ncc1C#N. The number of benzene rings is 1. The first kappa shape index (κ1) is 20.6. The topological polar surface area (TPSA) is 123 Å². The monoisotopic (exact) mass is 389 g/mol. The fourth-order valence-electron chi connectivity index (χ4n) is 2.16. The Bertz CT molecular complexity index is 906. The van der Waals surface area contributed by atoms with Crippen molar-refractivity contribution in [1.82, 2.24) is 19.6 Å². The number of hydrogen-bond donors (Lipinski definition) is 3. The number of likely N-dealkylation sites (N-methyl/N-ethyl adjacent to an activating group) is 1. The predicted molar refractivity (Wildman–Crippen MR) is 104 cm³/mol.